The highest BCUT2D eigenvalue weighted by Crippen LogP contribution is 2.17. The summed E-state index contributed by atoms with van der Waals surface area (Å²) >= 11 is 0. The van der Waals surface area contributed by atoms with Crippen LogP contribution in [0, 0.1) is 17.5 Å². The Bertz CT molecular complexity index is 509. The SMILES string of the molecule is CCOC(=O)/C(C=O)=N/Nc1cc(F)c(F)c(F)c1. The number of hydrazone groups is 1. The Balaban J connectivity index is 2.90. The third kappa shape index (κ3) is 3.80. The number of carbonyl (C=O) groups excluding carboxylic acids is 2. The van der Waals surface area contributed by atoms with E-state index in [1.807, 2.05) is 0 Å². The van der Waals surface area contributed by atoms with Crippen molar-refractivity contribution in [1.82, 2.24) is 0 Å². The molecule has 1 aromatic rings. The van der Waals surface area contributed by atoms with Crippen molar-refractivity contribution in [3.05, 3.63) is 29.6 Å². The minimum Gasteiger partial charge on any atom is -0.461 e. The summed E-state index contributed by atoms with van der Waals surface area (Å²) in [4.78, 5) is 21.7. The van der Waals surface area contributed by atoms with Gasteiger partial charge in [0.1, 0.15) is 0 Å². The largest absolute Gasteiger partial charge is 0.461 e. The van der Waals surface area contributed by atoms with Gasteiger partial charge in [0.25, 0.3) is 0 Å². The van der Waals surface area contributed by atoms with Crippen LogP contribution in [-0.2, 0) is 14.3 Å². The van der Waals surface area contributed by atoms with E-state index in [1.54, 1.807) is 0 Å². The Morgan fingerprint density at radius 1 is 1.37 bits per heavy atom. The molecule has 1 rings (SSSR count). The molecule has 0 saturated heterocycles. The van der Waals surface area contributed by atoms with E-state index in [0.29, 0.717) is 12.1 Å². The number of carbonyl (C=O) groups is 2. The van der Waals surface area contributed by atoms with Gasteiger partial charge in [-0.25, -0.2) is 18.0 Å². The molecule has 1 aromatic carbocycles. The first kappa shape index (κ1) is 14.7. The number of esters is 1. The number of ether oxygens (including phenoxy) is 1. The van der Waals surface area contributed by atoms with Crippen LogP contribution >= 0.6 is 0 Å². The molecule has 0 radical (unpaired) electrons. The summed E-state index contributed by atoms with van der Waals surface area (Å²) in [5.41, 5.74) is 1.17. The fraction of sp³-hybridized carbons (Fsp3) is 0.182. The normalized spacial score (nSPS) is 11.1. The zero-order valence-electron chi connectivity index (χ0n) is 9.75. The van der Waals surface area contributed by atoms with Crippen molar-refractivity contribution in [3.8, 4) is 0 Å². The lowest BCUT2D eigenvalue weighted by Crippen LogP contribution is -2.20. The number of rotatable bonds is 5. The number of benzene rings is 1. The van der Waals surface area contributed by atoms with Gasteiger partial charge in [-0.05, 0) is 6.92 Å². The van der Waals surface area contributed by atoms with Crippen LogP contribution in [0.4, 0.5) is 18.9 Å². The van der Waals surface area contributed by atoms with E-state index < -0.39 is 29.1 Å². The van der Waals surface area contributed by atoms with E-state index in [4.69, 9.17) is 0 Å². The summed E-state index contributed by atoms with van der Waals surface area (Å²) < 4.78 is 42.9. The molecule has 0 aliphatic heterocycles. The van der Waals surface area contributed by atoms with Crippen LogP contribution in [0.2, 0.25) is 0 Å². The summed E-state index contributed by atoms with van der Waals surface area (Å²) in [5.74, 6) is -5.48. The number of hydrogen-bond acceptors (Lipinski definition) is 5. The van der Waals surface area contributed by atoms with Crippen molar-refractivity contribution in [2.75, 3.05) is 12.0 Å². The van der Waals surface area contributed by atoms with Crippen LogP contribution in [0.3, 0.4) is 0 Å². The second-order valence-corrected chi connectivity index (χ2v) is 3.20. The van der Waals surface area contributed by atoms with E-state index in [0.717, 1.165) is 0 Å². The van der Waals surface area contributed by atoms with Crippen molar-refractivity contribution in [2.24, 2.45) is 5.10 Å². The lowest BCUT2D eigenvalue weighted by Gasteiger charge is -2.04. The molecule has 102 valence electrons. The quantitative estimate of drug-likeness (QED) is 0.221. The Morgan fingerprint density at radius 2 is 1.95 bits per heavy atom. The number of anilines is 1. The fourth-order valence-electron chi connectivity index (χ4n) is 1.07. The second kappa shape index (κ2) is 6.53. The first-order chi connectivity index (χ1) is 8.99. The maximum atomic E-state index is 12.9. The highest BCUT2D eigenvalue weighted by Gasteiger charge is 2.13. The molecule has 0 amide bonds. The zero-order chi connectivity index (χ0) is 14.4. The number of nitrogens with zero attached hydrogens (tertiary/aromatic N) is 1. The molecule has 0 bridgehead atoms. The molecule has 8 heteroatoms. The van der Waals surface area contributed by atoms with Crippen molar-refractivity contribution in [3.63, 3.8) is 0 Å². The molecular formula is C11H9F3N2O3. The average Bonchev–Trinajstić information content (AvgIpc) is 2.37. The van der Waals surface area contributed by atoms with Gasteiger partial charge in [-0.2, -0.15) is 5.10 Å². The fourth-order valence-corrected chi connectivity index (χ4v) is 1.07. The Hall–Kier alpha value is -2.38. The summed E-state index contributed by atoms with van der Waals surface area (Å²) in [6.07, 6.45) is 0.112. The highest BCUT2D eigenvalue weighted by atomic mass is 19.2. The van der Waals surface area contributed by atoms with Gasteiger partial charge in [-0.15, -0.1) is 0 Å². The number of aldehydes is 1. The van der Waals surface area contributed by atoms with Crippen LogP contribution in [0.1, 0.15) is 6.92 Å². The number of hydrogen-bond donors (Lipinski definition) is 1. The molecule has 19 heavy (non-hydrogen) atoms. The van der Waals surface area contributed by atoms with Gasteiger partial charge < -0.3 is 4.74 Å². The minimum absolute atomic E-state index is 0.0332. The molecule has 0 spiro atoms. The Kier molecular flexibility index (Phi) is 5.04. The van der Waals surface area contributed by atoms with E-state index in [2.05, 4.69) is 15.3 Å². The predicted octanol–water partition coefficient (Wildman–Crippen LogP) is 1.63. The van der Waals surface area contributed by atoms with Crippen LogP contribution in [0.25, 0.3) is 0 Å². The molecule has 0 atom stereocenters. The maximum absolute atomic E-state index is 12.9. The monoisotopic (exact) mass is 274 g/mol. The van der Waals surface area contributed by atoms with Gasteiger partial charge in [0.05, 0.1) is 12.3 Å². The van der Waals surface area contributed by atoms with Gasteiger partial charge >= 0.3 is 5.97 Å². The topological polar surface area (TPSA) is 67.8 Å². The van der Waals surface area contributed by atoms with Crippen LogP contribution in [-0.4, -0.2) is 24.6 Å². The number of halogens is 3. The molecule has 1 N–H and O–H groups in total. The van der Waals surface area contributed by atoms with E-state index in [1.165, 1.54) is 6.92 Å². The van der Waals surface area contributed by atoms with Gasteiger partial charge in [0.15, 0.2) is 23.7 Å². The van der Waals surface area contributed by atoms with E-state index >= 15 is 0 Å². The minimum atomic E-state index is -1.63. The predicted molar refractivity (Wildman–Crippen MR) is 60.1 cm³/mol. The number of nitrogens with one attached hydrogen (secondary N) is 1. The lowest BCUT2D eigenvalue weighted by molar-refractivity contribution is -0.135. The standard InChI is InChI=1S/C11H9F3N2O3/c1-2-19-11(18)9(5-17)16-15-6-3-7(12)10(14)8(13)4-6/h3-5,15H,2H2,1H3/b16-9+. The highest BCUT2D eigenvalue weighted by molar-refractivity contribution is 6.58. The summed E-state index contributed by atoms with van der Waals surface area (Å²) in [7, 11) is 0. The molecule has 0 aliphatic rings. The van der Waals surface area contributed by atoms with Crippen LogP contribution in [0.5, 0.6) is 0 Å². The van der Waals surface area contributed by atoms with Gasteiger partial charge in [0, 0.05) is 12.1 Å². The van der Waals surface area contributed by atoms with Crippen LogP contribution < -0.4 is 5.43 Å². The molecule has 0 aliphatic carbocycles. The summed E-state index contributed by atoms with van der Waals surface area (Å²) in [6, 6.07) is 1.24. The van der Waals surface area contributed by atoms with Crippen molar-refractivity contribution >= 4 is 23.7 Å². The van der Waals surface area contributed by atoms with Crippen molar-refractivity contribution in [1.29, 1.82) is 0 Å². The molecule has 0 unspecified atom stereocenters. The van der Waals surface area contributed by atoms with Crippen molar-refractivity contribution < 1.29 is 27.5 Å². The van der Waals surface area contributed by atoms with Gasteiger partial charge in [0.2, 0.25) is 5.71 Å². The van der Waals surface area contributed by atoms with Gasteiger partial charge in [-0.3, -0.25) is 10.2 Å². The molecule has 5 nitrogen and oxygen atoms in total. The maximum Gasteiger partial charge on any atom is 0.362 e. The lowest BCUT2D eigenvalue weighted by atomic mass is 10.3. The first-order valence-corrected chi connectivity index (χ1v) is 5.10. The Morgan fingerprint density at radius 3 is 2.42 bits per heavy atom. The van der Waals surface area contributed by atoms with Crippen molar-refractivity contribution in [2.45, 2.75) is 6.92 Å². The first-order valence-electron chi connectivity index (χ1n) is 5.10. The molecule has 0 fully saturated rings. The third-order valence-electron chi connectivity index (χ3n) is 1.89. The van der Waals surface area contributed by atoms with Crippen LogP contribution in [0.15, 0.2) is 17.2 Å². The zero-order valence-corrected chi connectivity index (χ0v) is 9.75. The van der Waals surface area contributed by atoms with E-state index in [9.17, 15) is 22.8 Å². The average molecular weight is 274 g/mol. The molecule has 0 saturated carbocycles. The molecule has 0 heterocycles. The third-order valence-corrected chi connectivity index (χ3v) is 1.89. The molecule has 0 aromatic heterocycles. The Labute approximate surface area is 106 Å². The summed E-state index contributed by atoms with van der Waals surface area (Å²) in [5, 5.41) is 3.31. The second-order valence-electron chi connectivity index (χ2n) is 3.20. The smallest absolute Gasteiger partial charge is 0.362 e. The van der Waals surface area contributed by atoms with Gasteiger partial charge in [-0.1, -0.05) is 0 Å². The molecular weight excluding hydrogens is 265 g/mol. The summed E-state index contributed by atoms with van der Waals surface area (Å²) in [6.45, 7) is 1.56. The van der Waals surface area contributed by atoms with E-state index in [-0.39, 0.29) is 18.6 Å².